The van der Waals surface area contributed by atoms with Crippen LogP contribution in [0.3, 0.4) is 0 Å². The molecule has 0 saturated carbocycles. The van der Waals surface area contributed by atoms with E-state index in [0.29, 0.717) is 0 Å². The molecule has 0 aliphatic heterocycles. The van der Waals surface area contributed by atoms with Gasteiger partial charge in [-0.1, -0.05) is 33.6 Å². The van der Waals surface area contributed by atoms with Crippen LogP contribution < -0.4 is 0 Å². The van der Waals surface area contributed by atoms with E-state index in [0.717, 1.165) is 51.7 Å². The fraction of sp³-hybridized carbons (Fsp3) is 0.923. The van der Waals surface area contributed by atoms with Crippen molar-refractivity contribution in [1.82, 2.24) is 4.90 Å². The van der Waals surface area contributed by atoms with Crippen LogP contribution in [0.1, 0.15) is 52.9 Å². The molecule has 0 aromatic carbocycles. The zero-order valence-corrected chi connectivity index (χ0v) is 11.6. The minimum absolute atomic E-state index is 0.0180. The molecular weight excluding hydrogens is 213 g/mol. The Morgan fingerprint density at radius 3 is 2.24 bits per heavy atom. The quantitative estimate of drug-likeness (QED) is 0.549. The number of rotatable bonds is 10. The van der Waals surface area contributed by atoms with Crippen LogP contribution in [-0.2, 0) is 9.45 Å². The van der Waals surface area contributed by atoms with Crippen molar-refractivity contribution >= 4 is 14.0 Å². The molecule has 0 aliphatic carbocycles. The van der Waals surface area contributed by atoms with E-state index in [-0.39, 0.29) is 11.9 Å². The van der Waals surface area contributed by atoms with Gasteiger partial charge in [0.1, 0.15) is 0 Å². The lowest BCUT2D eigenvalue weighted by molar-refractivity contribution is -0.139. The minimum atomic E-state index is -0.252. The normalized spacial score (nSPS) is 12.7. The van der Waals surface area contributed by atoms with Crippen molar-refractivity contribution in [2.75, 3.05) is 19.6 Å². The fourth-order valence-corrected chi connectivity index (χ4v) is 2.03. The predicted molar refractivity (Wildman–Crippen MR) is 71.9 cm³/mol. The van der Waals surface area contributed by atoms with Crippen molar-refractivity contribution in [3.8, 4) is 0 Å². The highest BCUT2D eigenvalue weighted by Gasteiger charge is 2.17. The monoisotopic (exact) mass is 239 g/mol. The van der Waals surface area contributed by atoms with E-state index >= 15 is 0 Å². The second-order valence-electron chi connectivity index (χ2n) is 4.45. The van der Waals surface area contributed by atoms with Gasteiger partial charge in [0.05, 0.1) is 5.92 Å². The number of hydrogen-bond acceptors (Lipinski definition) is 3. The average Bonchev–Trinajstić information content (AvgIpc) is 2.37. The molecule has 4 heteroatoms. The summed E-state index contributed by atoms with van der Waals surface area (Å²) in [6.45, 7) is 9.63. The van der Waals surface area contributed by atoms with Crippen LogP contribution in [0.25, 0.3) is 0 Å². The van der Waals surface area contributed by atoms with Crippen molar-refractivity contribution in [3.63, 3.8) is 0 Å². The first-order chi connectivity index (χ1) is 8.19. The molecule has 0 fully saturated rings. The second kappa shape index (κ2) is 10.6. The lowest BCUT2D eigenvalue weighted by atomic mass is 9.96. The molecule has 1 atom stereocenters. The molecule has 0 aromatic heterocycles. The van der Waals surface area contributed by atoms with Crippen molar-refractivity contribution in [1.29, 1.82) is 0 Å². The lowest BCUT2D eigenvalue weighted by Crippen LogP contribution is -2.25. The Bertz CT molecular complexity index is 196. The van der Waals surface area contributed by atoms with E-state index in [1.807, 2.05) is 0 Å². The topological polar surface area (TPSA) is 29.5 Å². The Morgan fingerprint density at radius 2 is 1.76 bits per heavy atom. The van der Waals surface area contributed by atoms with Crippen LogP contribution in [0, 0.1) is 5.92 Å². The summed E-state index contributed by atoms with van der Waals surface area (Å²) in [5.74, 6) is -0.270. The number of nitrogens with zero attached hydrogens (tertiary/aromatic N) is 1. The molecular formula is C13H26BNO2. The summed E-state index contributed by atoms with van der Waals surface area (Å²) < 4.78 is 4.37. The first-order valence-corrected chi connectivity index (χ1v) is 6.82. The van der Waals surface area contributed by atoms with Crippen LogP contribution in [0.4, 0.5) is 0 Å². The van der Waals surface area contributed by atoms with Gasteiger partial charge in [0.15, 0.2) is 0 Å². The Kier molecular flexibility index (Phi) is 10.3. The SMILES string of the molecule is [B]OC(=O)C(CCCC)CCCN(CC)CC. The molecule has 0 bridgehead atoms. The summed E-state index contributed by atoms with van der Waals surface area (Å²) in [7, 11) is 4.97. The maximum absolute atomic E-state index is 11.5. The summed E-state index contributed by atoms with van der Waals surface area (Å²) in [6, 6.07) is 0. The number of carbonyl (C=O) groups excluding carboxylic acids is 1. The summed E-state index contributed by atoms with van der Waals surface area (Å²) in [5.41, 5.74) is 0. The molecule has 17 heavy (non-hydrogen) atoms. The first kappa shape index (κ1) is 16.5. The van der Waals surface area contributed by atoms with Gasteiger partial charge in [-0.05, 0) is 38.9 Å². The van der Waals surface area contributed by atoms with Gasteiger partial charge >= 0.3 is 8.05 Å². The van der Waals surface area contributed by atoms with E-state index in [9.17, 15) is 4.79 Å². The maximum Gasteiger partial charge on any atom is 0.378 e. The van der Waals surface area contributed by atoms with E-state index in [4.69, 9.17) is 8.05 Å². The summed E-state index contributed by atoms with van der Waals surface area (Å²) in [4.78, 5) is 13.8. The van der Waals surface area contributed by atoms with Crippen LogP contribution in [0.5, 0.6) is 0 Å². The fourth-order valence-electron chi connectivity index (χ4n) is 2.03. The third-order valence-electron chi connectivity index (χ3n) is 3.28. The Hall–Kier alpha value is -0.505. The van der Waals surface area contributed by atoms with Crippen molar-refractivity contribution in [2.45, 2.75) is 52.9 Å². The molecule has 2 radical (unpaired) electrons. The smallest absolute Gasteiger partial charge is 0.378 e. The van der Waals surface area contributed by atoms with Gasteiger partial charge in [0.2, 0.25) is 0 Å². The van der Waals surface area contributed by atoms with Gasteiger partial charge in [0.25, 0.3) is 5.97 Å². The van der Waals surface area contributed by atoms with E-state index < -0.39 is 0 Å². The second-order valence-corrected chi connectivity index (χ2v) is 4.45. The van der Waals surface area contributed by atoms with Gasteiger partial charge in [-0.2, -0.15) is 0 Å². The van der Waals surface area contributed by atoms with E-state index in [1.165, 1.54) is 0 Å². The van der Waals surface area contributed by atoms with Gasteiger partial charge in [-0.25, -0.2) is 0 Å². The largest absolute Gasteiger partial charge is 0.543 e. The molecule has 0 rings (SSSR count). The molecule has 0 spiro atoms. The van der Waals surface area contributed by atoms with E-state index in [2.05, 4.69) is 30.3 Å². The van der Waals surface area contributed by atoms with Crippen molar-refractivity contribution < 1.29 is 9.45 Å². The van der Waals surface area contributed by atoms with Crippen LogP contribution in [0.15, 0.2) is 0 Å². The molecule has 1 unspecified atom stereocenters. The van der Waals surface area contributed by atoms with Gasteiger partial charge in [-0.3, -0.25) is 4.79 Å². The summed E-state index contributed by atoms with van der Waals surface area (Å²) >= 11 is 0. The van der Waals surface area contributed by atoms with E-state index in [1.54, 1.807) is 0 Å². The molecule has 98 valence electrons. The maximum atomic E-state index is 11.5. The Morgan fingerprint density at radius 1 is 1.18 bits per heavy atom. The number of carbonyl (C=O) groups is 1. The lowest BCUT2D eigenvalue weighted by Gasteiger charge is -2.20. The van der Waals surface area contributed by atoms with Crippen molar-refractivity contribution in [3.05, 3.63) is 0 Å². The molecule has 0 aliphatic rings. The Labute approximate surface area is 107 Å². The van der Waals surface area contributed by atoms with Gasteiger partial charge < -0.3 is 9.55 Å². The minimum Gasteiger partial charge on any atom is -0.543 e. The number of unbranched alkanes of at least 4 members (excludes halogenated alkanes) is 1. The zero-order chi connectivity index (χ0) is 13.1. The standard InChI is InChI=1S/C13H26BNO2/c1-4-7-9-12(13(16)17-14)10-8-11-15(5-2)6-3/h12H,4-11H2,1-3H3. The first-order valence-electron chi connectivity index (χ1n) is 6.82. The predicted octanol–water partition coefficient (Wildman–Crippen LogP) is 2.54. The van der Waals surface area contributed by atoms with Gasteiger partial charge in [-0.15, -0.1) is 0 Å². The van der Waals surface area contributed by atoms with Crippen molar-refractivity contribution in [2.24, 2.45) is 5.92 Å². The molecule has 0 saturated heterocycles. The summed E-state index contributed by atoms with van der Waals surface area (Å²) in [6.07, 6.45) is 4.97. The number of hydrogen-bond donors (Lipinski definition) is 0. The average molecular weight is 239 g/mol. The Balaban J connectivity index is 3.94. The molecule has 0 aromatic rings. The molecule has 0 heterocycles. The van der Waals surface area contributed by atoms with Crippen LogP contribution in [-0.4, -0.2) is 38.6 Å². The molecule has 0 N–H and O–H groups in total. The highest BCUT2D eigenvalue weighted by molar-refractivity contribution is 6.05. The highest BCUT2D eigenvalue weighted by atomic mass is 16.5. The van der Waals surface area contributed by atoms with Crippen LogP contribution in [0.2, 0.25) is 0 Å². The third-order valence-corrected chi connectivity index (χ3v) is 3.28. The summed E-state index contributed by atoms with van der Waals surface area (Å²) in [5, 5.41) is 0. The highest BCUT2D eigenvalue weighted by Crippen LogP contribution is 2.16. The molecule has 0 amide bonds. The zero-order valence-electron chi connectivity index (χ0n) is 11.6. The third kappa shape index (κ3) is 7.42. The van der Waals surface area contributed by atoms with Crippen LogP contribution >= 0.6 is 0 Å². The van der Waals surface area contributed by atoms with Gasteiger partial charge in [0, 0.05) is 0 Å². The molecule has 3 nitrogen and oxygen atoms in total.